The molecule has 0 fully saturated rings. The summed E-state index contributed by atoms with van der Waals surface area (Å²) in [5, 5.41) is 0. The fourth-order valence-electron chi connectivity index (χ4n) is 2.09. The third-order valence-electron chi connectivity index (χ3n) is 2.90. The van der Waals surface area contributed by atoms with Gasteiger partial charge in [-0.15, -0.1) is 0 Å². The Bertz CT molecular complexity index is 458. The number of nitrogen functional groups attached to an aromatic ring is 1. The maximum absolute atomic E-state index is 12.4. The number of nitrogens with two attached hydrogens (primary N) is 1. The van der Waals surface area contributed by atoms with Crippen LogP contribution in [0.3, 0.4) is 0 Å². The Kier molecular flexibility index (Phi) is 4.05. The van der Waals surface area contributed by atoms with Crippen LogP contribution in [-0.4, -0.2) is 24.4 Å². The Morgan fingerprint density at radius 3 is 2.28 bits per heavy atom. The van der Waals surface area contributed by atoms with E-state index in [1.54, 1.807) is 11.0 Å². The fourth-order valence-corrected chi connectivity index (χ4v) is 2.09. The van der Waals surface area contributed by atoms with Crippen molar-refractivity contribution in [1.82, 2.24) is 4.90 Å². The van der Waals surface area contributed by atoms with Crippen molar-refractivity contribution in [3.8, 4) is 0 Å². The van der Waals surface area contributed by atoms with Crippen LogP contribution in [0.5, 0.6) is 0 Å². The SMILES string of the molecule is Cc1cc(C)c(C(=O)N(C)CC(C)(C)C)cc1N. The number of nitrogens with zero attached hydrogens (tertiary/aromatic N) is 1. The van der Waals surface area contributed by atoms with Gasteiger partial charge in [0.15, 0.2) is 0 Å². The van der Waals surface area contributed by atoms with Gasteiger partial charge in [-0.3, -0.25) is 4.79 Å². The number of aryl methyl sites for hydroxylation is 2. The summed E-state index contributed by atoms with van der Waals surface area (Å²) >= 11 is 0. The van der Waals surface area contributed by atoms with Gasteiger partial charge in [0.1, 0.15) is 0 Å². The molecular formula is C15H24N2O. The van der Waals surface area contributed by atoms with Crippen molar-refractivity contribution in [3.05, 3.63) is 28.8 Å². The van der Waals surface area contributed by atoms with E-state index >= 15 is 0 Å². The van der Waals surface area contributed by atoms with Crippen LogP contribution < -0.4 is 5.73 Å². The number of hydrogen-bond acceptors (Lipinski definition) is 2. The van der Waals surface area contributed by atoms with Crippen LogP contribution in [0.25, 0.3) is 0 Å². The zero-order chi connectivity index (χ0) is 14.1. The van der Waals surface area contributed by atoms with Crippen LogP contribution in [-0.2, 0) is 0 Å². The fraction of sp³-hybridized carbons (Fsp3) is 0.533. The molecule has 0 radical (unpaired) electrons. The molecule has 0 unspecified atom stereocenters. The summed E-state index contributed by atoms with van der Waals surface area (Å²) in [7, 11) is 1.84. The molecule has 3 nitrogen and oxygen atoms in total. The molecule has 0 heterocycles. The molecule has 1 aromatic rings. The van der Waals surface area contributed by atoms with E-state index < -0.39 is 0 Å². The minimum absolute atomic E-state index is 0.0362. The Labute approximate surface area is 110 Å². The largest absolute Gasteiger partial charge is 0.398 e. The lowest BCUT2D eigenvalue weighted by Crippen LogP contribution is -2.34. The van der Waals surface area contributed by atoms with Crippen molar-refractivity contribution >= 4 is 11.6 Å². The van der Waals surface area contributed by atoms with E-state index in [0.717, 1.165) is 17.7 Å². The average Bonchev–Trinajstić information content (AvgIpc) is 2.20. The molecule has 0 saturated heterocycles. The van der Waals surface area contributed by atoms with Crippen LogP contribution in [0, 0.1) is 19.3 Å². The van der Waals surface area contributed by atoms with Gasteiger partial charge in [-0.2, -0.15) is 0 Å². The standard InChI is InChI=1S/C15H24N2O/c1-10-7-11(2)13(16)8-12(10)14(18)17(6)9-15(3,4)5/h7-8H,9,16H2,1-6H3. The van der Waals surface area contributed by atoms with Crippen molar-refractivity contribution in [2.24, 2.45) is 5.41 Å². The second-order valence-electron chi connectivity index (χ2n) is 6.25. The molecule has 1 amide bonds. The maximum atomic E-state index is 12.4. The first-order valence-corrected chi connectivity index (χ1v) is 6.24. The molecule has 0 spiro atoms. The predicted octanol–water partition coefficient (Wildman–Crippen LogP) is 3.00. The molecule has 0 aliphatic carbocycles. The Morgan fingerprint density at radius 2 is 1.78 bits per heavy atom. The number of amides is 1. The number of carbonyl (C=O) groups excluding carboxylic acids is 1. The molecule has 0 atom stereocenters. The minimum Gasteiger partial charge on any atom is -0.398 e. The lowest BCUT2D eigenvalue weighted by atomic mass is 9.95. The smallest absolute Gasteiger partial charge is 0.253 e. The summed E-state index contributed by atoms with van der Waals surface area (Å²) in [6.45, 7) is 11.0. The normalized spacial score (nSPS) is 11.4. The van der Waals surface area contributed by atoms with Crippen LogP contribution in [0.4, 0.5) is 5.69 Å². The van der Waals surface area contributed by atoms with Crippen molar-refractivity contribution in [2.45, 2.75) is 34.6 Å². The zero-order valence-electron chi connectivity index (χ0n) is 12.3. The Morgan fingerprint density at radius 1 is 1.22 bits per heavy atom. The lowest BCUT2D eigenvalue weighted by molar-refractivity contribution is 0.0745. The highest BCUT2D eigenvalue weighted by Gasteiger charge is 2.20. The predicted molar refractivity (Wildman–Crippen MR) is 76.7 cm³/mol. The third kappa shape index (κ3) is 3.49. The number of hydrogen-bond donors (Lipinski definition) is 1. The number of rotatable bonds is 2. The van der Waals surface area contributed by atoms with E-state index in [0.29, 0.717) is 11.3 Å². The molecule has 18 heavy (non-hydrogen) atoms. The van der Waals surface area contributed by atoms with E-state index in [1.165, 1.54) is 0 Å². The molecule has 100 valence electrons. The van der Waals surface area contributed by atoms with Gasteiger partial charge in [0, 0.05) is 24.8 Å². The summed E-state index contributed by atoms with van der Waals surface area (Å²) < 4.78 is 0. The maximum Gasteiger partial charge on any atom is 0.253 e. The van der Waals surface area contributed by atoms with E-state index in [9.17, 15) is 4.79 Å². The van der Waals surface area contributed by atoms with Crippen molar-refractivity contribution in [1.29, 1.82) is 0 Å². The van der Waals surface area contributed by atoms with Gasteiger partial charge in [0.2, 0.25) is 0 Å². The van der Waals surface area contributed by atoms with Crippen molar-refractivity contribution in [3.63, 3.8) is 0 Å². The van der Waals surface area contributed by atoms with Crippen molar-refractivity contribution in [2.75, 3.05) is 19.3 Å². The number of anilines is 1. The summed E-state index contributed by atoms with van der Waals surface area (Å²) in [4.78, 5) is 14.1. The van der Waals surface area contributed by atoms with Gasteiger partial charge in [-0.05, 0) is 36.5 Å². The topological polar surface area (TPSA) is 46.3 Å². The monoisotopic (exact) mass is 248 g/mol. The summed E-state index contributed by atoms with van der Waals surface area (Å²) in [6, 6.07) is 3.75. The molecule has 0 bridgehead atoms. The van der Waals surface area contributed by atoms with Gasteiger partial charge in [0.05, 0.1) is 0 Å². The second kappa shape index (κ2) is 5.01. The highest BCUT2D eigenvalue weighted by Crippen LogP contribution is 2.21. The van der Waals surface area contributed by atoms with Gasteiger partial charge >= 0.3 is 0 Å². The molecule has 3 heteroatoms. The van der Waals surface area contributed by atoms with E-state index in [4.69, 9.17) is 5.73 Å². The second-order valence-corrected chi connectivity index (χ2v) is 6.25. The first-order valence-electron chi connectivity index (χ1n) is 6.24. The minimum atomic E-state index is 0.0362. The van der Waals surface area contributed by atoms with Gasteiger partial charge < -0.3 is 10.6 Å². The van der Waals surface area contributed by atoms with Crippen LogP contribution in [0.15, 0.2) is 12.1 Å². The number of benzene rings is 1. The molecule has 0 aliphatic heterocycles. The summed E-state index contributed by atoms with van der Waals surface area (Å²) in [6.07, 6.45) is 0. The summed E-state index contributed by atoms with van der Waals surface area (Å²) in [5.74, 6) is 0.0362. The zero-order valence-corrected chi connectivity index (χ0v) is 12.3. The first-order chi connectivity index (χ1) is 8.11. The number of carbonyl (C=O) groups is 1. The molecule has 1 aromatic carbocycles. The van der Waals surface area contributed by atoms with Gasteiger partial charge in [0.25, 0.3) is 5.91 Å². The van der Waals surface area contributed by atoms with Crippen LogP contribution in [0.1, 0.15) is 42.3 Å². The highest BCUT2D eigenvalue weighted by atomic mass is 16.2. The Hall–Kier alpha value is -1.51. The van der Waals surface area contributed by atoms with Crippen LogP contribution >= 0.6 is 0 Å². The van der Waals surface area contributed by atoms with E-state index in [-0.39, 0.29) is 11.3 Å². The molecule has 0 saturated carbocycles. The van der Waals surface area contributed by atoms with Crippen molar-refractivity contribution < 1.29 is 4.79 Å². The third-order valence-corrected chi connectivity index (χ3v) is 2.90. The summed E-state index contributed by atoms with van der Waals surface area (Å²) in [5.41, 5.74) is 9.34. The molecule has 1 rings (SSSR count). The van der Waals surface area contributed by atoms with E-state index in [2.05, 4.69) is 20.8 Å². The first kappa shape index (κ1) is 14.6. The highest BCUT2D eigenvalue weighted by molar-refractivity contribution is 5.96. The molecule has 0 aromatic heterocycles. The van der Waals surface area contributed by atoms with Crippen LogP contribution in [0.2, 0.25) is 0 Å². The molecule has 2 N–H and O–H groups in total. The van der Waals surface area contributed by atoms with Gasteiger partial charge in [-0.1, -0.05) is 26.8 Å². The average molecular weight is 248 g/mol. The molecular weight excluding hydrogens is 224 g/mol. The van der Waals surface area contributed by atoms with Gasteiger partial charge in [-0.25, -0.2) is 0 Å². The Balaban J connectivity index is 3.01. The molecule has 0 aliphatic rings. The quantitative estimate of drug-likeness (QED) is 0.818. The lowest BCUT2D eigenvalue weighted by Gasteiger charge is -2.27. The van der Waals surface area contributed by atoms with E-state index in [1.807, 2.05) is 27.0 Å².